The van der Waals surface area contributed by atoms with Gasteiger partial charge in [-0.3, -0.25) is 14.8 Å². The largest absolute Gasteiger partial charge is 0.369 e. The number of ether oxygens (including phenoxy) is 1. The smallest absolute Gasteiger partial charge is 0.254 e. The molecule has 8 heteroatoms. The van der Waals surface area contributed by atoms with Crippen LogP contribution in [-0.2, 0) is 9.53 Å². The first kappa shape index (κ1) is 18.2. The summed E-state index contributed by atoms with van der Waals surface area (Å²) in [7, 11) is 1.56. The van der Waals surface area contributed by atoms with Gasteiger partial charge in [0.1, 0.15) is 17.2 Å². The van der Waals surface area contributed by atoms with Crippen molar-refractivity contribution in [1.29, 1.82) is 0 Å². The average Bonchev–Trinajstić information content (AvgIpc) is 2.69. The van der Waals surface area contributed by atoms with Gasteiger partial charge in [0, 0.05) is 38.5 Å². The number of anilines is 2. The van der Waals surface area contributed by atoms with Crippen LogP contribution >= 0.6 is 0 Å². The van der Waals surface area contributed by atoms with Crippen LogP contribution in [-0.4, -0.2) is 56.5 Å². The number of hydrogen-bond donors (Lipinski definition) is 1. The summed E-state index contributed by atoms with van der Waals surface area (Å²) in [6.45, 7) is 4.98. The third-order valence-corrected chi connectivity index (χ3v) is 4.64. The lowest BCUT2D eigenvalue weighted by atomic mass is 9.93. The zero-order chi connectivity index (χ0) is 18.6. The monoisotopic (exact) mass is 356 g/mol. The molecule has 26 heavy (non-hydrogen) atoms. The molecule has 1 aliphatic heterocycles. The van der Waals surface area contributed by atoms with E-state index in [1.807, 2.05) is 4.90 Å². The van der Waals surface area contributed by atoms with Crippen LogP contribution < -0.4 is 5.32 Å². The first-order valence-corrected chi connectivity index (χ1v) is 8.69. The number of carbonyl (C=O) groups is 1. The number of hydrogen-bond acceptors (Lipinski definition) is 7. The van der Waals surface area contributed by atoms with E-state index in [4.69, 9.17) is 4.74 Å². The molecule has 1 amide bonds. The highest BCUT2D eigenvalue weighted by atomic mass is 16.5. The second-order valence-corrected chi connectivity index (χ2v) is 6.85. The molecule has 1 fully saturated rings. The zero-order valence-electron chi connectivity index (χ0n) is 15.3. The summed E-state index contributed by atoms with van der Waals surface area (Å²) in [5.74, 6) is 1.42. The molecule has 1 saturated heterocycles. The van der Waals surface area contributed by atoms with Gasteiger partial charge in [0.15, 0.2) is 0 Å². The highest BCUT2D eigenvalue weighted by Gasteiger charge is 2.35. The van der Waals surface area contributed by atoms with Gasteiger partial charge < -0.3 is 15.0 Å². The van der Waals surface area contributed by atoms with Gasteiger partial charge in [-0.2, -0.15) is 0 Å². The number of nitrogens with one attached hydrogen (secondary N) is 1. The number of amides is 1. The van der Waals surface area contributed by atoms with Crippen molar-refractivity contribution in [3.63, 3.8) is 0 Å². The van der Waals surface area contributed by atoms with Crippen molar-refractivity contribution in [2.24, 2.45) is 0 Å². The van der Waals surface area contributed by atoms with Crippen molar-refractivity contribution in [3.8, 4) is 0 Å². The molecule has 0 unspecified atom stereocenters. The fourth-order valence-corrected chi connectivity index (χ4v) is 2.98. The van der Waals surface area contributed by atoms with E-state index in [0.717, 1.165) is 25.1 Å². The van der Waals surface area contributed by atoms with Gasteiger partial charge in [0.05, 0.1) is 24.3 Å². The zero-order valence-corrected chi connectivity index (χ0v) is 15.3. The van der Waals surface area contributed by atoms with Crippen LogP contribution in [0, 0.1) is 0 Å². The van der Waals surface area contributed by atoms with E-state index in [0.29, 0.717) is 18.2 Å². The van der Waals surface area contributed by atoms with Gasteiger partial charge in [-0.15, -0.1) is 0 Å². The predicted molar refractivity (Wildman–Crippen MR) is 97.0 cm³/mol. The van der Waals surface area contributed by atoms with Gasteiger partial charge in [-0.05, 0) is 26.7 Å². The number of carbonyl (C=O) groups excluding carboxylic acids is 1. The van der Waals surface area contributed by atoms with E-state index in [1.165, 1.54) is 0 Å². The topological polar surface area (TPSA) is 93.1 Å². The van der Waals surface area contributed by atoms with Crippen molar-refractivity contribution in [2.45, 2.75) is 38.2 Å². The minimum Gasteiger partial charge on any atom is -0.369 e. The van der Waals surface area contributed by atoms with Crippen LogP contribution in [0.5, 0.6) is 0 Å². The fraction of sp³-hybridized carbons (Fsp3) is 0.500. The standard InChI is InChI=1S/C18H24N6O2/c1-18(2,26-3)17(25)24-8-4-5-13(12-24)14-9-22-16(11-21-14)23-15-10-19-6-7-20-15/h6-7,9-11,13H,4-5,8,12H2,1-3H3,(H,20,22,23)/t13-/m1/s1. The van der Waals surface area contributed by atoms with Gasteiger partial charge >= 0.3 is 0 Å². The molecule has 3 heterocycles. The minimum atomic E-state index is -0.807. The van der Waals surface area contributed by atoms with Crippen LogP contribution in [0.15, 0.2) is 31.0 Å². The molecule has 138 valence electrons. The summed E-state index contributed by atoms with van der Waals surface area (Å²) in [5, 5.41) is 3.06. The second-order valence-electron chi connectivity index (χ2n) is 6.85. The van der Waals surface area contributed by atoms with E-state index < -0.39 is 5.60 Å². The summed E-state index contributed by atoms with van der Waals surface area (Å²) in [5.41, 5.74) is 0.0837. The van der Waals surface area contributed by atoms with Crippen molar-refractivity contribution in [2.75, 3.05) is 25.5 Å². The van der Waals surface area contributed by atoms with E-state index in [-0.39, 0.29) is 11.8 Å². The number of rotatable bonds is 5. The Morgan fingerprint density at radius 2 is 2.00 bits per heavy atom. The lowest BCUT2D eigenvalue weighted by Gasteiger charge is -2.36. The van der Waals surface area contributed by atoms with Crippen molar-refractivity contribution < 1.29 is 9.53 Å². The van der Waals surface area contributed by atoms with Gasteiger partial charge in [0.2, 0.25) is 0 Å². The maximum atomic E-state index is 12.6. The molecule has 2 aromatic heterocycles. The highest BCUT2D eigenvalue weighted by molar-refractivity contribution is 5.84. The lowest BCUT2D eigenvalue weighted by Crippen LogP contribution is -2.49. The Kier molecular flexibility index (Phi) is 5.41. The second kappa shape index (κ2) is 7.74. The number of likely N-dealkylation sites (tertiary alicyclic amines) is 1. The Labute approximate surface area is 153 Å². The van der Waals surface area contributed by atoms with Crippen molar-refractivity contribution >= 4 is 17.5 Å². The molecule has 0 aromatic carbocycles. The average molecular weight is 356 g/mol. The normalized spacial score (nSPS) is 17.8. The van der Waals surface area contributed by atoms with Crippen LogP contribution in [0.2, 0.25) is 0 Å². The number of methoxy groups -OCH3 is 1. The molecule has 0 bridgehead atoms. The summed E-state index contributed by atoms with van der Waals surface area (Å²) in [4.78, 5) is 31.6. The quantitative estimate of drug-likeness (QED) is 0.877. The molecule has 2 aromatic rings. The van der Waals surface area contributed by atoms with Crippen LogP contribution in [0.1, 0.15) is 38.3 Å². The van der Waals surface area contributed by atoms with E-state index in [9.17, 15) is 4.79 Å². The third-order valence-electron chi connectivity index (χ3n) is 4.64. The maximum Gasteiger partial charge on any atom is 0.254 e. The molecular formula is C18H24N6O2. The Balaban J connectivity index is 1.66. The molecule has 0 saturated carbocycles. The molecule has 1 atom stereocenters. The van der Waals surface area contributed by atoms with Crippen molar-refractivity contribution in [3.05, 3.63) is 36.7 Å². The Morgan fingerprint density at radius 1 is 1.19 bits per heavy atom. The SMILES string of the molecule is COC(C)(C)C(=O)N1CCC[C@@H](c2cnc(Nc3cnccn3)cn2)C1. The van der Waals surface area contributed by atoms with Crippen molar-refractivity contribution in [1.82, 2.24) is 24.8 Å². The molecular weight excluding hydrogens is 332 g/mol. The van der Waals surface area contributed by atoms with E-state index in [1.54, 1.807) is 51.9 Å². The summed E-state index contributed by atoms with van der Waals surface area (Å²) < 4.78 is 5.33. The highest BCUT2D eigenvalue weighted by Crippen LogP contribution is 2.27. The molecule has 8 nitrogen and oxygen atoms in total. The van der Waals surface area contributed by atoms with Crippen LogP contribution in [0.4, 0.5) is 11.6 Å². The van der Waals surface area contributed by atoms with Gasteiger partial charge in [-0.25, -0.2) is 9.97 Å². The molecule has 1 N–H and O–H groups in total. The molecule has 1 aliphatic rings. The minimum absolute atomic E-state index is 0.0126. The van der Waals surface area contributed by atoms with Crippen LogP contribution in [0.25, 0.3) is 0 Å². The van der Waals surface area contributed by atoms with Gasteiger partial charge in [-0.1, -0.05) is 0 Å². The van der Waals surface area contributed by atoms with E-state index >= 15 is 0 Å². The Bertz CT molecular complexity index is 735. The summed E-state index contributed by atoms with van der Waals surface area (Å²) >= 11 is 0. The number of aromatic nitrogens is 4. The Hall–Kier alpha value is -2.61. The van der Waals surface area contributed by atoms with E-state index in [2.05, 4.69) is 25.3 Å². The molecule has 0 aliphatic carbocycles. The number of nitrogens with zero attached hydrogens (tertiary/aromatic N) is 5. The fourth-order valence-electron chi connectivity index (χ4n) is 2.98. The summed E-state index contributed by atoms with van der Waals surface area (Å²) in [6, 6.07) is 0. The summed E-state index contributed by atoms with van der Waals surface area (Å²) in [6.07, 6.45) is 10.2. The maximum absolute atomic E-state index is 12.6. The molecule has 3 rings (SSSR count). The van der Waals surface area contributed by atoms with Gasteiger partial charge in [0.25, 0.3) is 5.91 Å². The lowest BCUT2D eigenvalue weighted by molar-refractivity contribution is -0.152. The Morgan fingerprint density at radius 3 is 2.65 bits per heavy atom. The molecule has 0 spiro atoms. The molecule has 0 radical (unpaired) electrons. The van der Waals surface area contributed by atoms with Crippen LogP contribution in [0.3, 0.4) is 0 Å². The first-order chi connectivity index (χ1) is 12.5. The third kappa shape index (κ3) is 4.13. The first-order valence-electron chi connectivity index (χ1n) is 8.69. The number of piperidine rings is 1. The predicted octanol–water partition coefficient (Wildman–Crippen LogP) is 2.14.